The van der Waals surface area contributed by atoms with E-state index in [0.29, 0.717) is 47.9 Å². The van der Waals surface area contributed by atoms with Gasteiger partial charge in [-0.2, -0.15) is 0 Å². The molecule has 2 aromatic rings. The summed E-state index contributed by atoms with van der Waals surface area (Å²) >= 11 is 0. The van der Waals surface area contributed by atoms with Crippen LogP contribution in [0, 0.1) is 0 Å². The van der Waals surface area contributed by atoms with Crippen molar-refractivity contribution >= 4 is 17.5 Å². The number of nitrogens with zero attached hydrogens (tertiary/aromatic N) is 1. The van der Waals surface area contributed by atoms with Crippen molar-refractivity contribution in [3.8, 4) is 11.5 Å². The maximum Gasteiger partial charge on any atom is 0.256 e. The van der Waals surface area contributed by atoms with Crippen LogP contribution in [0.4, 0.5) is 5.69 Å². The van der Waals surface area contributed by atoms with Crippen LogP contribution in [0.5, 0.6) is 11.5 Å². The van der Waals surface area contributed by atoms with Gasteiger partial charge in [0, 0.05) is 31.3 Å². The third-order valence-electron chi connectivity index (χ3n) is 4.85. The van der Waals surface area contributed by atoms with Gasteiger partial charge in [0.05, 0.1) is 25.5 Å². The molecule has 1 aliphatic rings. The van der Waals surface area contributed by atoms with Crippen LogP contribution in [-0.2, 0) is 6.54 Å². The molecule has 7 heteroatoms. The number of rotatable bonds is 6. The number of nitrogens with one attached hydrogen (secondary N) is 1. The number of likely N-dealkylation sites (tertiary alicyclic amines) is 1. The summed E-state index contributed by atoms with van der Waals surface area (Å²) in [6, 6.07) is 10.3. The van der Waals surface area contributed by atoms with E-state index < -0.39 is 0 Å². The van der Waals surface area contributed by atoms with Crippen molar-refractivity contribution in [3.63, 3.8) is 0 Å². The van der Waals surface area contributed by atoms with Gasteiger partial charge in [-0.15, -0.1) is 0 Å². The number of benzene rings is 2. The van der Waals surface area contributed by atoms with Crippen molar-refractivity contribution in [1.29, 1.82) is 0 Å². The highest BCUT2D eigenvalue weighted by Crippen LogP contribution is 2.34. The quantitative estimate of drug-likeness (QED) is 0.800. The average molecular weight is 383 g/mol. The van der Waals surface area contributed by atoms with Gasteiger partial charge in [-0.1, -0.05) is 12.1 Å². The van der Waals surface area contributed by atoms with Gasteiger partial charge >= 0.3 is 0 Å². The molecular formula is C21H25N3O4. The Labute approximate surface area is 164 Å². The van der Waals surface area contributed by atoms with Gasteiger partial charge in [0.15, 0.2) is 11.5 Å². The Morgan fingerprint density at radius 2 is 1.64 bits per heavy atom. The first-order valence-corrected chi connectivity index (χ1v) is 9.23. The zero-order valence-electron chi connectivity index (χ0n) is 16.2. The zero-order chi connectivity index (χ0) is 20.1. The van der Waals surface area contributed by atoms with Gasteiger partial charge in [0.25, 0.3) is 11.8 Å². The fraction of sp³-hybridized carbons (Fsp3) is 0.333. The number of carbonyl (C=O) groups is 2. The zero-order valence-corrected chi connectivity index (χ0v) is 16.2. The minimum absolute atomic E-state index is 0.132. The Hall–Kier alpha value is -3.06. The summed E-state index contributed by atoms with van der Waals surface area (Å²) in [4.78, 5) is 27.5. The number of methoxy groups -OCH3 is 2. The number of anilines is 1. The SMILES string of the molecule is COc1cc(NC(=O)c2ccc(CN)cc2)c(C(=O)N2CCCC2)cc1OC. The van der Waals surface area contributed by atoms with E-state index >= 15 is 0 Å². The molecule has 3 rings (SSSR count). The Morgan fingerprint density at radius 3 is 2.21 bits per heavy atom. The molecule has 1 saturated heterocycles. The summed E-state index contributed by atoms with van der Waals surface area (Å²) in [6.45, 7) is 1.83. The second-order valence-corrected chi connectivity index (χ2v) is 6.61. The predicted octanol–water partition coefficient (Wildman–Crippen LogP) is 2.65. The number of hydrogen-bond donors (Lipinski definition) is 2. The van der Waals surface area contributed by atoms with Gasteiger partial charge in [-0.25, -0.2) is 0 Å². The Kier molecular flexibility index (Phi) is 6.16. The van der Waals surface area contributed by atoms with Crippen molar-refractivity contribution in [2.75, 3.05) is 32.6 Å². The summed E-state index contributed by atoms with van der Waals surface area (Å²) in [5.74, 6) is 0.433. The van der Waals surface area contributed by atoms with E-state index in [1.807, 2.05) is 0 Å². The summed E-state index contributed by atoms with van der Waals surface area (Å²) in [5, 5.41) is 2.84. The number of amides is 2. The van der Waals surface area contributed by atoms with Gasteiger partial charge in [-0.05, 0) is 36.6 Å². The van der Waals surface area contributed by atoms with E-state index in [4.69, 9.17) is 15.2 Å². The van der Waals surface area contributed by atoms with Gasteiger partial charge in [0.2, 0.25) is 0 Å². The molecule has 0 saturated carbocycles. The molecule has 0 unspecified atom stereocenters. The number of carbonyl (C=O) groups excluding carboxylic acids is 2. The minimum Gasteiger partial charge on any atom is -0.493 e. The molecule has 28 heavy (non-hydrogen) atoms. The van der Waals surface area contributed by atoms with Crippen LogP contribution in [0.1, 0.15) is 39.1 Å². The van der Waals surface area contributed by atoms with Crippen LogP contribution in [0.2, 0.25) is 0 Å². The first-order chi connectivity index (χ1) is 13.6. The van der Waals surface area contributed by atoms with E-state index in [1.54, 1.807) is 41.3 Å². The topological polar surface area (TPSA) is 93.9 Å². The highest BCUT2D eigenvalue weighted by Gasteiger charge is 2.25. The second-order valence-electron chi connectivity index (χ2n) is 6.61. The van der Waals surface area contributed by atoms with E-state index in [9.17, 15) is 9.59 Å². The Morgan fingerprint density at radius 1 is 1.04 bits per heavy atom. The fourth-order valence-electron chi connectivity index (χ4n) is 3.24. The summed E-state index contributed by atoms with van der Waals surface area (Å²) < 4.78 is 10.7. The first-order valence-electron chi connectivity index (χ1n) is 9.23. The second kappa shape index (κ2) is 8.75. The highest BCUT2D eigenvalue weighted by atomic mass is 16.5. The van der Waals surface area contributed by atoms with E-state index in [2.05, 4.69) is 5.32 Å². The van der Waals surface area contributed by atoms with Crippen molar-refractivity contribution in [1.82, 2.24) is 4.90 Å². The molecule has 1 fully saturated rings. The van der Waals surface area contributed by atoms with E-state index in [-0.39, 0.29) is 11.8 Å². The van der Waals surface area contributed by atoms with Crippen LogP contribution < -0.4 is 20.5 Å². The van der Waals surface area contributed by atoms with Gasteiger partial charge < -0.3 is 25.4 Å². The lowest BCUT2D eigenvalue weighted by Crippen LogP contribution is -2.29. The smallest absolute Gasteiger partial charge is 0.256 e. The molecule has 1 aliphatic heterocycles. The van der Waals surface area contributed by atoms with Crippen LogP contribution in [0.15, 0.2) is 36.4 Å². The van der Waals surface area contributed by atoms with Crippen LogP contribution in [0.25, 0.3) is 0 Å². The number of hydrogen-bond acceptors (Lipinski definition) is 5. The van der Waals surface area contributed by atoms with Gasteiger partial charge in [0.1, 0.15) is 0 Å². The summed E-state index contributed by atoms with van der Waals surface area (Å²) in [7, 11) is 3.02. The highest BCUT2D eigenvalue weighted by molar-refractivity contribution is 6.09. The lowest BCUT2D eigenvalue weighted by molar-refractivity contribution is 0.0793. The molecule has 1 heterocycles. The number of nitrogens with two attached hydrogens (primary N) is 1. The van der Waals surface area contributed by atoms with Crippen molar-refractivity contribution in [3.05, 3.63) is 53.1 Å². The monoisotopic (exact) mass is 383 g/mol. The predicted molar refractivity (Wildman–Crippen MR) is 107 cm³/mol. The third kappa shape index (κ3) is 4.09. The molecule has 0 aliphatic carbocycles. The van der Waals surface area contributed by atoms with Crippen molar-refractivity contribution in [2.45, 2.75) is 19.4 Å². The van der Waals surface area contributed by atoms with E-state index in [1.165, 1.54) is 14.2 Å². The standard InChI is InChI=1S/C21H25N3O4/c1-27-18-11-16(21(26)24-9-3-4-10-24)17(12-19(18)28-2)23-20(25)15-7-5-14(13-22)6-8-15/h5-8,11-12H,3-4,9-10,13,22H2,1-2H3,(H,23,25). The molecule has 0 atom stereocenters. The largest absolute Gasteiger partial charge is 0.493 e. The normalized spacial score (nSPS) is 13.3. The molecule has 0 spiro atoms. The molecular weight excluding hydrogens is 358 g/mol. The maximum absolute atomic E-state index is 13.0. The van der Waals surface area contributed by atoms with Crippen LogP contribution >= 0.6 is 0 Å². The Bertz CT molecular complexity index is 859. The summed E-state index contributed by atoms with van der Waals surface area (Å²) in [5.41, 5.74) is 7.79. The average Bonchev–Trinajstić information content (AvgIpc) is 3.27. The van der Waals surface area contributed by atoms with Crippen LogP contribution in [-0.4, -0.2) is 44.0 Å². The molecule has 0 radical (unpaired) electrons. The number of ether oxygens (including phenoxy) is 2. The van der Waals surface area contributed by atoms with E-state index in [0.717, 1.165) is 18.4 Å². The third-order valence-corrected chi connectivity index (χ3v) is 4.85. The fourth-order valence-corrected chi connectivity index (χ4v) is 3.24. The Balaban J connectivity index is 1.94. The van der Waals surface area contributed by atoms with Crippen molar-refractivity contribution < 1.29 is 19.1 Å². The molecule has 2 aromatic carbocycles. The lowest BCUT2D eigenvalue weighted by Gasteiger charge is -2.20. The molecule has 0 aromatic heterocycles. The lowest BCUT2D eigenvalue weighted by atomic mass is 10.1. The minimum atomic E-state index is -0.314. The molecule has 148 valence electrons. The summed E-state index contributed by atoms with van der Waals surface area (Å²) in [6.07, 6.45) is 1.96. The molecule has 0 bridgehead atoms. The molecule has 2 amide bonds. The molecule has 7 nitrogen and oxygen atoms in total. The first kappa shape index (κ1) is 19.7. The maximum atomic E-state index is 13.0. The van der Waals surface area contributed by atoms with Gasteiger partial charge in [-0.3, -0.25) is 9.59 Å². The van der Waals surface area contributed by atoms with Crippen molar-refractivity contribution in [2.24, 2.45) is 5.73 Å². The van der Waals surface area contributed by atoms with Crippen LogP contribution in [0.3, 0.4) is 0 Å². The molecule has 3 N–H and O–H groups in total.